The van der Waals surface area contributed by atoms with Gasteiger partial charge in [-0.2, -0.15) is 0 Å². The molecule has 6 nitrogen and oxygen atoms in total. The monoisotopic (exact) mass is 289 g/mol. The van der Waals surface area contributed by atoms with Crippen molar-refractivity contribution in [3.63, 3.8) is 0 Å². The van der Waals surface area contributed by atoms with Gasteiger partial charge in [-0.25, -0.2) is 0 Å². The molecule has 0 spiro atoms. The summed E-state index contributed by atoms with van der Waals surface area (Å²) in [6.07, 6.45) is 0.352. The van der Waals surface area contributed by atoms with Gasteiger partial charge in [0.2, 0.25) is 11.8 Å². The van der Waals surface area contributed by atoms with Crippen LogP contribution in [0.15, 0.2) is 28.7 Å². The Morgan fingerprint density at radius 1 is 1.43 bits per heavy atom. The van der Waals surface area contributed by atoms with Crippen LogP contribution in [-0.4, -0.2) is 40.0 Å². The molecule has 3 rings (SSSR count). The third-order valence-electron chi connectivity index (χ3n) is 3.77. The fourth-order valence-corrected chi connectivity index (χ4v) is 2.82. The van der Waals surface area contributed by atoms with Gasteiger partial charge in [-0.3, -0.25) is 4.90 Å². The highest BCUT2D eigenvalue weighted by molar-refractivity contribution is 5.31. The topological polar surface area (TPSA) is 71.6 Å². The van der Waals surface area contributed by atoms with Gasteiger partial charge in [0.25, 0.3) is 0 Å². The first-order chi connectivity index (χ1) is 10.2. The van der Waals surface area contributed by atoms with Crippen LogP contribution < -0.4 is 4.74 Å². The second-order valence-corrected chi connectivity index (χ2v) is 5.33. The van der Waals surface area contributed by atoms with E-state index in [0.717, 1.165) is 11.3 Å². The lowest BCUT2D eigenvalue weighted by Crippen LogP contribution is -2.24. The van der Waals surface area contributed by atoms with Gasteiger partial charge in [0, 0.05) is 19.5 Å². The number of rotatable bonds is 4. The molecular weight excluding hydrogens is 270 g/mol. The van der Waals surface area contributed by atoms with Crippen LogP contribution in [0.25, 0.3) is 0 Å². The van der Waals surface area contributed by atoms with E-state index in [4.69, 9.17) is 9.15 Å². The summed E-state index contributed by atoms with van der Waals surface area (Å²) in [6.45, 7) is 2.91. The van der Waals surface area contributed by atoms with Gasteiger partial charge >= 0.3 is 0 Å². The number of hydrogen-bond acceptors (Lipinski definition) is 6. The van der Waals surface area contributed by atoms with Crippen LogP contribution in [0.4, 0.5) is 0 Å². The van der Waals surface area contributed by atoms with Gasteiger partial charge in [-0.1, -0.05) is 12.1 Å². The summed E-state index contributed by atoms with van der Waals surface area (Å²) in [5.74, 6) is 1.96. The molecule has 1 saturated heterocycles. The number of β-amino-alcohol motifs (C(OH)–C–C–N with tert-alkyl or cyclic N) is 1. The molecule has 2 atom stereocenters. The van der Waals surface area contributed by atoms with Crippen molar-refractivity contribution in [2.75, 3.05) is 13.7 Å². The number of methoxy groups -OCH3 is 1. The van der Waals surface area contributed by atoms with Crippen molar-refractivity contribution in [2.45, 2.75) is 32.0 Å². The van der Waals surface area contributed by atoms with Gasteiger partial charge in [-0.15, -0.1) is 10.2 Å². The molecule has 1 fully saturated rings. The zero-order chi connectivity index (χ0) is 14.8. The van der Waals surface area contributed by atoms with Gasteiger partial charge in [0.15, 0.2) is 0 Å². The van der Waals surface area contributed by atoms with Crippen molar-refractivity contribution < 1.29 is 14.3 Å². The van der Waals surface area contributed by atoms with Gasteiger partial charge in [-0.05, 0) is 24.1 Å². The van der Waals surface area contributed by atoms with E-state index in [9.17, 15) is 5.11 Å². The van der Waals surface area contributed by atoms with Gasteiger partial charge < -0.3 is 14.3 Å². The number of aryl methyl sites for hydroxylation is 1. The van der Waals surface area contributed by atoms with Crippen molar-refractivity contribution in [2.24, 2.45) is 0 Å². The van der Waals surface area contributed by atoms with Crippen molar-refractivity contribution in [3.05, 3.63) is 41.6 Å². The first kappa shape index (κ1) is 14.0. The molecule has 0 radical (unpaired) electrons. The summed E-state index contributed by atoms with van der Waals surface area (Å²) in [6, 6.07) is 8.07. The summed E-state index contributed by atoms with van der Waals surface area (Å²) in [4.78, 5) is 2.16. The summed E-state index contributed by atoms with van der Waals surface area (Å²) >= 11 is 0. The van der Waals surface area contributed by atoms with E-state index in [-0.39, 0.29) is 12.1 Å². The molecule has 1 aromatic carbocycles. The Hall–Kier alpha value is -1.92. The molecule has 2 aromatic rings. The van der Waals surface area contributed by atoms with Crippen LogP contribution in [-0.2, 0) is 6.54 Å². The van der Waals surface area contributed by atoms with Crippen LogP contribution in [0, 0.1) is 6.92 Å². The van der Waals surface area contributed by atoms with Crippen LogP contribution in [0.3, 0.4) is 0 Å². The molecule has 0 unspecified atom stereocenters. The number of aliphatic hydroxyl groups excluding tert-OH is 1. The van der Waals surface area contributed by atoms with Crippen molar-refractivity contribution in [1.82, 2.24) is 15.1 Å². The molecule has 21 heavy (non-hydrogen) atoms. The second-order valence-electron chi connectivity index (χ2n) is 5.33. The molecule has 2 heterocycles. The van der Waals surface area contributed by atoms with E-state index >= 15 is 0 Å². The van der Waals surface area contributed by atoms with E-state index in [1.807, 2.05) is 18.2 Å². The number of nitrogens with zero attached hydrogens (tertiary/aromatic N) is 3. The van der Waals surface area contributed by atoms with Gasteiger partial charge in [0.1, 0.15) is 5.75 Å². The lowest BCUT2D eigenvalue weighted by molar-refractivity contribution is 0.167. The minimum Gasteiger partial charge on any atom is -0.497 e. The largest absolute Gasteiger partial charge is 0.497 e. The summed E-state index contributed by atoms with van der Waals surface area (Å²) in [5, 5.41) is 17.9. The first-order valence-corrected chi connectivity index (χ1v) is 7.01. The van der Waals surface area contributed by atoms with Gasteiger partial charge in [0.05, 0.1) is 19.8 Å². The highest BCUT2D eigenvalue weighted by Gasteiger charge is 2.33. The van der Waals surface area contributed by atoms with Crippen LogP contribution >= 0.6 is 0 Å². The number of aromatic nitrogens is 2. The molecule has 6 heteroatoms. The fourth-order valence-electron chi connectivity index (χ4n) is 2.82. The Kier molecular flexibility index (Phi) is 3.90. The third kappa shape index (κ3) is 3.06. The Morgan fingerprint density at radius 3 is 3.00 bits per heavy atom. The fraction of sp³-hybridized carbons (Fsp3) is 0.467. The molecule has 1 aromatic heterocycles. The van der Waals surface area contributed by atoms with E-state index < -0.39 is 0 Å². The number of aliphatic hydroxyl groups is 1. The minimum absolute atomic E-state index is 0.127. The smallest absolute Gasteiger partial charge is 0.230 e. The Bertz CT molecular complexity index is 614. The molecule has 1 aliphatic rings. The molecule has 0 amide bonds. The zero-order valence-electron chi connectivity index (χ0n) is 12.2. The van der Waals surface area contributed by atoms with Crippen molar-refractivity contribution in [3.8, 4) is 5.75 Å². The van der Waals surface area contributed by atoms with E-state index in [0.29, 0.717) is 31.3 Å². The number of hydrogen-bond donors (Lipinski definition) is 1. The van der Waals surface area contributed by atoms with Crippen molar-refractivity contribution in [1.29, 1.82) is 0 Å². The first-order valence-electron chi connectivity index (χ1n) is 7.01. The predicted octanol–water partition coefficient (Wildman–Crippen LogP) is 1.69. The standard InChI is InChI=1S/C15H19N3O3/c1-10-16-17-15(21-10)9-18-8-12(19)7-14(18)11-4-3-5-13(6-11)20-2/h3-6,12,14,19H,7-9H2,1-2H3/t12-,14+/m0/s1. The van der Waals surface area contributed by atoms with E-state index in [2.05, 4.69) is 21.2 Å². The Morgan fingerprint density at radius 2 is 2.29 bits per heavy atom. The Labute approximate surface area is 123 Å². The summed E-state index contributed by atoms with van der Waals surface area (Å²) < 4.78 is 10.7. The number of ether oxygens (including phenoxy) is 1. The van der Waals surface area contributed by atoms with Crippen LogP contribution in [0.1, 0.15) is 29.8 Å². The van der Waals surface area contributed by atoms with E-state index in [1.54, 1.807) is 14.0 Å². The quantitative estimate of drug-likeness (QED) is 0.923. The maximum absolute atomic E-state index is 10.0. The predicted molar refractivity (Wildman–Crippen MR) is 75.8 cm³/mol. The third-order valence-corrected chi connectivity index (χ3v) is 3.77. The highest BCUT2D eigenvalue weighted by atomic mass is 16.5. The zero-order valence-corrected chi connectivity index (χ0v) is 12.2. The average Bonchev–Trinajstić information content (AvgIpc) is 3.05. The summed E-state index contributed by atoms with van der Waals surface area (Å²) in [7, 11) is 1.65. The molecule has 0 aliphatic carbocycles. The number of benzene rings is 1. The average molecular weight is 289 g/mol. The molecular formula is C15H19N3O3. The summed E-state index contributed by atoms with van der Waals surface area (Å²) in [5.41, 5.74) is 1.13. The molecule has 1 aliphatic heterocycles. The van der Waals surface area contributed by atoms with E-state index in [1.165, 1.54) is 0 Å². The number of likely N-dealkylation sites (tertiary alicyclic amines) is 1. The SMILES string of the molecule is COc1cccc([C@H]2C[C@H](O)CN2Cc2nnc(C)o2)c1. The normalized spacial score (nSPS) is 22.6. The van der Waals surface area contributed by atoms with Crippen LogP contribution in [0.2, 0.25) is 0 Å². The maximum atomic E-state index is 10.0. The molecule has 1 N–H and O–H groups in total. The lowest BCUT2D eigenvalue weighted by atomic mass is 10.0. The molecule has 0 bridgehead atoms. The van der Waals surface area contributed by atoms with Crippen molar-refractivity contribution >= 4 is 0 Å². The second kappa shape index (κ2) is 5.83. The highest BCUT2D eigenvalue weighted by Crippen LogP contribution is 2.34. The lowest BCUT2D eigenvalue weighted by Gasteiger charge is -2.23. The minimum atomic E-state index is -0.342. The van der Waals surface area contributed by atoms with Crippen LogP contribution in [0.5, 0.6) is 5.75 Å². The molecule has 112 valence electrons. The Balaban J connectivity index is 1.81. The maximum Gasteiger partial charge on any atom is 0.230 e. The molecule has 0 saturated carbocycles.